The van der Waals surface area contributed by atoms with Gasteiger partial charge in [0, 0.05) is 17.5 Å². The van der Waals surface area contributed by atoms with Crippen LogP contribution in [0, 0.1) is 11.7 Å². The molecule has 1 N–H and O–H groups in total. The molecule has 2 unspecified atom stereocenters. The summed E-state index contributed by atoms with van der Waals surface area (Å²) >= 11 is 0. The zero-order valence-electron chi connectivity index (χ0n) is 8.66. The summed E-state index contributed by atoms with van der Waals surface area (Å²) in [7, 11) is 0. The van der Waals surface area contributed by atoms with Crippen molar-refractivity contribution in [3.63, 3.8) is 0 Å². The molecule has 0 aliphatic carbocycles. The Morgan fingerprint density at radius 1 is 1.53 bits per heavy atom. The first-order valence-electron chi connectivity index (χ1n) is 5.21. The van der Waals surface area contributed by atoms with Gasteiger partial charge < -0.3 is 5.32 Å². The summed E-state index contributed by atoms with van der Waals surface area (Å²) in [5.41, 5.74) is 0.482. The molecule has 1 aliphatic rings. The molecular weight excluding hydrogens is 193 g/mol. The van der Waals surface area contributed by atoms with Crippen LogP contribution in [0.4, 0.5) is 4.39 Å². The number of hydrogen-bond acceptors (Lipinski definition) is 2. The molecule has 1 aromatic rings. The van der Waals surface area contributed by atoms with Gasteiger partial charge in [-0.25, -0.2) is 4.39 Å². The van der Waals surface area contributed by atoms with Gasteiger partial charge in [0.05, 0.1) is 0 Å². The molecule has 15 heavy (non-hydrogen) atoms. The standard InChI is InChI=1S/C12H14FNO/c1-8-11(5-6-14-8)12(15)9-3-2-4-10(13)7-9/h2-4,7-8,11,14H,5-6H2,1H3. The van der Waals surface area contributed by atoms with E-state index in [1.165, 1.54) is 12.1 Å². The number of carbonyl (C=O) groups excluding carboxylic acids is 1. The maximum atomic E-state index is 12.9. The number of carbonyl (C=O) groups is 1. The van der Waals surface area contributed by atoms with Crippen LogP contribution in [0.1, 0.15) is 23.7 Å². The molecule has 0 spiro atoms. The summed E-state index contributed by atoms with van der Waals surface area (Å²) in [6, 6.07) is 6.12. The fraction of sp³-hybridized carbons (Fsp3) is 0.417. The number of rotatable bonds is 2. The second kappa shape index (κ2) is 4.11. The zero-order valence-corrected chi connectivity index (χ0v) is 8.66. The Labute approximate surface area is 88.5 Å². The number of benzene rings is 1. The van der Waals surface area contributed by atoms with Crippen molar-refractivity contribution in [3.8, 4) is 0 Å². The van der Waals surface area contributed by atoms with Crippen LogP contribution < -0.4 is 5.32 Å². The molecule has 0 bridgehead atoms. The quantitative estimate of drug-likeness (QED) is 0.751. The van der Waals surface area contributed by atoms with E-state index in [4.69, 9.17) is 0 Å². The highest BCUT2D eigenvalue weighted by Gasteiger charge is 2.29. The molecule has 1 saturated heterocycles. The summed E-state index contributed by atoms with van der Waals surface area (Å²) in [4.78, 5) is 12.0. The maximum Gasteiger partial charge on any atom is 0.167 e. The molecule has 0 saturated carbocycles. The Kier molecular flexibility index (Phi) is 2.82. The van der Waals surface area contributed by atoms with Crippen molar-refractivity contribution >= 4 is 5.78 Å². The lowest BCUT2D eigenvalue weighted by atomic mass is 9.92. The predicted octanol–water partition coefficient (Wildman–Crippen LogP) is 2.01. The van der Waals surface area contributed by atoms with Gasteiger partial charge in [0.15, 0.2) is 5.78 Å². The Bertz CT molecular complexity index is 378. The van der Waals surface area contributed by atoms with Crippen LogP contribution in [0.3, 0.4) is 0 Å². The molecule has 1 fully saturated rings. The van der Waals surface area contributed by atoms with Gasteiger partial charge in [-0.15, -0.1) is 0 Å². The fourth-order valence-electron chi connectivity index (χ4n) is 2.07. The van der Waals surface area contributed by atoms with Crippen molar-refractivity contribution in [3.05, 3.63) is 35.6 Å². The van der Waals surface area contributed by atoms with E-state index >= 15 is 0 Å². The summed E-state index contributed by atoms with van der Waals surface area (Å²) < 4.78 is 12.9. The van der Waals surface area contributed by atoms with Gasteiger partial charge in [-0.2, -0.15) is 0 Å². The Balaban J connectivity index is 2.20. The van der Waals surface area contributed by atoms with Crippen LogP contribution in [-0.2, 0) is 0 Å². The van der Waals surface area contributed by atoms with Crippen molar-refractivity contribution in [1.82, 2.24) is 5.32 Å². The second-order valence-electron chi connectivity index (χ2n) is 4.01. The predicted molar refractivity (Wildman–Crippen MR) is 56.3 cm³/mol. The Morgan fingerprint density at radius 2 is 2.33 bits per heavy atom. The molecule has 2 nitrogen and oxygen atoms in total. The molecule has 1 aromatic carbocycles. The molecule has 0 amide bonds. The minimum absolute atomic E-state index is 0.00759. The fourth-order valence-corrected chi connectivity index (χ4v) is 2.07. The third-order valence-corrected chi connectivity index (χ3v) is 2.97. The van der Waals surface area contributed by atoms with Gasteiger partial charge in [-0.3, -0.25) is 4.79 Å². The van der Waals surface area contributed by atoms with Gasteiger partial charge in [0.25, 0.3) is 0 Å². The molecule has 2 rings (SSSR count). The lowest BCUT2D eigenvalue weighted by Gasteiger charge is -2.13. The van der Waals surface area contributed by atoms with Gasteiger partial charge in [0.2, 0.25) is 0 Å². The number of halogens is 1. The zero-order chi connectivity index (χ0) is 10.8. The first-order chi connectivity index (χ1) is 7.18. The second-order valence-corrected chi connectivity index (χ2v) is 4.01. The van der Waals surface area contributed by atoms with E-state index in [9.17, 15) is 9.18 Å². The molecular formula is C12H14FNO. The molecule has 3 heteroatoms. The van der Waals surface area contributed by atoms with Crippen LogP contribution >= 0.6 is 0 Å². The molecule has 1 aliphatic heterocycles. The van der Waals surface area contributed by atoms with E-state index in [2.05, 4.69) is 5.32 Å². The van der Waals surface area contributed by atoms with Crippen molar-refractivity contribution < 1.29 is 9.18 Å². The van der Waals surface area contributed by atoms with Crippen molar-refractivity contribution in [2.75, 3.05) is 6.54 Å². The average Bonchev–Trinajstić information content (AvgIpc) is 2.63. The van der Waals surface area contributed by atoms with E-state index in [1.807, 2.05) is 6.92 Å². The highest BCUT2D eigenvalue weighted by atomic mass is 19.1. The lowest BCUT2D eigenvalue weighted by Crippen LogP contribution is -2.28. The topological polar surface area (TPSA) is 29.1 Å². The van der Waals surface area contributed by atoms with Crippen LogP contribution in [0.25, 0.3) is 0 Å². The first kappa shape index (κ1) is 10.3. The average molecular weight is 207 g/mol. The van der Waals surface area contributed by atoms with E-state index in [0.717, 1.165) is 13.0 Å². The Morgan fingerprint density at radius 3 is 2.93 bits per heavy atom. The van der Waals surface area contributed by atoms with E-state index in [0.29, 0.717) is 5.56 Å². The summed E-state index contributed by atoms with van der Waals surface area (Å²) in [6.07, 6.45) is 0.844. The smallest absolute Gasteiger partial charge is 0.167 e. The van der Waals surface area contributed by atoms with Crippen molar-refractivity contribution in [2.45, 2.75) is 19.4 Å². The minimum atomic E-state index is -0.348. The molecule has 0 radical (unpaired) electrons. The maximum absolute atomic E-state index is 12.9. The van der Waals surface area contributed by atoms with Gasteiger partial charge >= 0.3 is 0 Å². The molecule has 0 aromatic heterocycles. The number of nitrogens with one attached hydrogen (secondary N) is 1. The Hall–Kier alpha value is -1.22. The number of hydrogen-bond donors (Lipinski definition) is 1. The van der Waals surface area contributed by atoms with Gasteiger partial charge in [-0.1, -0.05) is 12.1 Å². The molecule has 1 heterocycles. The van der Waals surface area contributed by atoms with Crippen molar-refractivity contribution in [1.29, 1.82) is 0 Å². The highest BCUT2D eigenvalue weighted by Crippen LogP contribution is 2.20. The van der Waals surface area contributed by atoms with Crippen LogP contribution in [0.15, 0.2) is 24.3 Å². The van der Waals surface area contributed by atoms with E-state index in [1.54, 1.807) is 12.1 Å². The largest absolute Gasteiger partial charge is 0.313 e. The van der Waals surface area contributed by atoms with Crippen LogP contribution in [-0.4, -0.2) is 18.4 Å². The third kappa shape index (κ3) is 2.07. The number of Topliss-reactive ketones (excluding diaryl/α,β-unsaturated/α-hetero) is 1. The lowest BCUT2D eigenvalue weighted by molar-refractivity contribution is 0.0913. The summed E-state index contributed by atoms with van der Waals surface area (Å²) in [5, 5.41) is 3.22. The minimum Gasteiger partial charge on any atom is -0.313 e. The van der Waals surface area contributed by atoms with E-state index < -0.39 is 0 Å². The third-order valence-electron chi connectivity index (χ3n) is 2.97. The highest BCUT2D eigenvalue weighted by molar-refractivity contribution is 5.98. The summed E-state index contributed by atoms with van der Waals surface area (Å²) in [5.74, 6) is -0.307. The van der Waals surface area contributed by atoms with Crippen molar-refractivity contribution in [2.24, 2.45) is 5.92 Å². The van der Waals surface area contributed by atoms with E-state index in [-0.39, 0.29) is 23.6 Å². The first-order valence-corrected chi connectivity index (χ1v) is 5.21. The monoisotopic (exact) mass is 207 g/mol. The SMILES string of the molecule is CC1NCCC1C(=O)c1cccc(F)c1. The van der Waals surface area contributed by atoms with Gasteiger partial charge in [0.1, 0.15) is 5.82 Å². The van der Waals surface area contributed by atoms with Crippen LogP contribution in [0.5, 0.6) is 0 Å². The summed E-state index contributed by atoms with van der Waals surface area (Å²) in [6.45, 7) is 2.86. The van der Waals surface area contributed by atoms with Gasteiger partial charge in [-0.05, 0) is 32.0 Å². The molecule has 80 valence electrons. The molecule has 2 atom stereocenters. The number of ketones is 1. The van der Waals surface area contributed by atoms with Crippen LogP contribution in [0.2, 0.25) is 0 Å². The normalized spacial score (nSPS) is 25.5.